The third-order valence-corrected chi connectivity index (χ3v) is 7.98. The fraction of sp³-hybridized carbons (Fsp3) is 0.214. The number of para-hydroxylation sites is 1. The Hall–Kier alpha value is -2.04. The molecular formula is C28H24I2O4. The third-order valence-electron chi connectivity index (χ3n) is 6.73. The van der Waals surface area contributed by atoms with Crippen LogP contribution in [0.4, 0.5) is 0 Å². The van der Waals surface area contributed by atoms with E-state index in [1.165, 1.54) is 0 Å². The molecule has 4 N–H and O–H groups in total. The van der Waals surface area contributed by atoms with Crippen LogP contribution in [0.25, 0.3) is 0 Å². The molecular weight excluding hydrogens is 654 g/mol. The van der Waals surface area contributed by atoms with Crippen LogP contribution in [0.3, 0.4) is 0 Å². The highest BCUT2D eigenvalue weighted by molar-refractivity contribution is 14.1. The van der Waals surface area contributed by atoms with Gasteiger partial charge in [-0.3, -0.25) is 0 Å². The van der Waals surface area contributed by atoms with E-state index in [1.807, 2.05) is 60.7 Å². The Morgan fingerprint density at radius 2 is 1.18 bits per heavy atom. The molecule has 2 aliphatic rings. The van der Waals surface area contributed by atoms with Gasteiger partial charge in [0, 0.05) is 25.9 Å². The van der Waals surface area contributed by atoms with Crippen molar-refractivity contribution in [2.45, 2.75) is 31.8 Å². The molecule has 0 saturated carbocycles. The Kier molecular flexibility index (Phi) is 6.65. The maximum Gasteiger partial charge on any atom is 0.122 e. The second-order valence-corrected chi connectivity index (χ2v) is 11.5. The molecule has 2 atom stereocenters. The minimum atomic E-state index is -0.712. The van der Waals surface area contributed by atoms with Gasteiger partial charge in [0.05, 0.1) is 6.10 Å². The van der Waals surface area contributed by atoms with Crippen molar-refractivity contribution in [2.24, 2.45) is 5.92 Å². The summed E-state index contributed by atoms with van der Waals surface area (Å²) in [5.74, 6) is 0.415. The molecule has 2 aliphatic carbocycles. The van der Waals surface area contributed by atoms with Gasteiger partial charge in [0.2, 0.25) is 0 Å². The van der Waals surface area contributed by atoms with E-state index in [-0.39, 0.29) is 23.2 Å². The summed E-state index contributed by atoms with van der Waals surface area (Å²) in [4.78, 5) is 0. The normalized spacial score (nSPS) is 19.6. The highest BCUT2D eigenvalue weighted by Crippen LogP contribution is 2.38. The fourth-order valence-corrected chi connectivity index (χ4v) is 6.46. The standard InChI is InChI=1S/C28H24I2O4/c29-23-11-19-7-15-3-1-4-16(25(15)31)8-20-12-24(30)14-22(28(20)34)10-18-6-2-5-17(26(18)32)9-21(13-23)27(19)33/h1-6,11-15,25,31-34H,7-10H2/t15-,25?/m0/s1. The first kappa shape index (κ1) is 23.7. The van der Waals surface area contributed by atoms with Gasteiger partial charge in [-0.1, -0.05) is 36.4 Å². The lowest BCUT2D eigenvalue weighted by Crippen LogP contribution is -2.26. The van der Waals surface area contributed by atoms with E-state index in [1.54, 1.807) is 0 Å². The summed E-state index contributed by atoms with van der Waals surface area (Å²) in [6, 6.07) is 13.4. The predicted molar refractivity (Wildman–Crippen MR) is 149 cm³/mol. The van der Waals surface area contributed by atoms with Crippen LogP contribution in [0.15, 0.2) is 66.3 Å². The van der Waals surface area contributed by atoms with Crippen molar-refractivity contribution in [3.05, 3.63) is 107 Å². The van der Waals surface area contributed by atoms with Crippen molar-refractivity contribution in [2.75, 3.05) is 0 Å². The summed E-state index contributed by atoms with van der Waals surface area (Å²) >= 11 is 4.49. The Morgan fingerprint density at radius 3 is 1.79 bits per heavy atom. The number of aliphatic hydroxyl groups excluding tert-OH is 1. The number of phenols is 3. The molecule has 5 rings (SSSR count). The quantitative estimate of drug-likeness (QED) is 0.228. The molecule has 0 aliphatic heterocycles. The number of phenolic OH excluding ortho intramolecular Hbond substituents is 3. The van der Waals surface area contributed by atoms with Gasteiger partial charge >= 0.3 is 0 Å². The van der Waals surface area contributed by atoms with Gasteiger partial charge in [0.25, 0.3) is 0 Å². The highest BCUT2D eigenvalue weighted by Gasteiger charge is 2.27. The van der Waals surface area contributed by atoms with E-state index in [2.05, 4.69) is 45.2 Å². The molecule has 8 bridgehead atoms. The summed E-state index contributed by atoms with van der Waals surface area (Å²) < 4.78 is 1.99. The molecule has 34 heavy (non-hydrogen) atoms. The topological polar surface area (TPSA) is 80.9 Å². The van der Waals surface area contributed by atoms with Crippen LogP contribution in [0.2, 0.25) is 0 Å². The first-order valence-corrected chi connectivity index (χ1v) is 13.3. The van der Waals surface area contributed by atoms with Crippen molar-refractivity contribution in [3.63, 3.8) is 0 Å². The van der Waals surface area contributed by atoms with Crippen LogP contribution in [-0.4, -0.2) is 26.5 Å². The smallest absolute Gasteiger partial charge is 0.122 e. The minimum absolute atomic E-state index is 0.187. The predicted octanol–water partition coefficient (Wildman–Crippen LogP) is 5.77. The summed E-state index contributed by atoms with van der Waals surface area (Å²) in [5, 5.41) is 44.5. The van der Waals surface area contributed by atoms with Gasteiger partial charge in [-0.25, -0.2) is 0 Å². The molecule has 6 heteroatoms. The highest BCUT2D eigenvalue weighted by atomic mass is 127. The fourth-order valence-electron chi connectivity index (χ4n) is 4.95. The number of halogens is 2. The van der Waals surface area contributed by atoms with E-state index < -0.39 is 6.10 Å². The van der Waals surface area contributed by atoms with Crippen LogP contribution in [-0.2, 0) is 25.7 Å². The zero-order chi connectivity index (χ0) is 24.0. The molecule has 3 aromatic carbocycles. The van der Waals surface area contributed by atoms with Crippen LogP contribution in [0, 0.1) is 13.1 Å². The molecule has 0 saturated heterocycles. The number of rotatable bonds is 0. The van der Waals surface area contributed by atoms with Crippen LogP contribution >= 0.6 is 45.2 Å². The van der Waals surface area contributed by atoms with Crippen molar-refractivity contribution in [1.82, 2.24) is 0 Å². The lowest BCUT2D eigenvalue weighted by molar-refractivity contribution is 0.159. The second kappa shape index (κ2) is 9.54. The van der Waals surface area contributed by atoms with E-state index in [0.29, 0.717) is 25.7 Å². The molecule has 0 spiro atoms. The molecule has 0 aromatic heterocycles. The minimum Gasteiger partial charge on any atom is -0.507 e. The summed E-state index contributed by atoms with van der Waals surface area (Å²) in [5.41, 5.74) is 5.28. The van der Waals surface area contributed by atoms with Gasteiger partial charge in [0.15, 0.2) is 0 Å². The van der Waals surface area contributed by atoms with Crippen molar-refractivity contribution >= 4 is 45.2 Å². The van der Waals surface area contributed by atoms with Gasteiger partial charge in [-0.15, -0.1) is 0 Å². The average Bonchev–Trinajstić information content (AvgIpc) is 2.79. The monoisotopic (exact) mass is 678 g/mol. The molecule has 0 amide bonds. The molecule has 3 aromatic rings. The van der Waals surface area contributed by atoms with E-state index in [0.717, 1.165) is 46.1 Å². The number of allylic oxidation sites excluding steroid dienone is 2. The summed E-state index contributed by atoms with van der Waals surface area (Å²) in [6.07, 6.45) is 6.81. The Bertz CT molecular complexity index is 1340. The van der Waals surface area contributed by atoms with Crippen molar-refractivity contribution < 1.29 is 20.4 Å². The SMILES string of the molecule is Oc1c2cc(I)cc1Cc1cccc(c1O)Cc1cc(I)cc(c1O)C[C@@H]1C=CC=C(C2)C1O. The lowest BCUT2D eigenvalue weighted by Gasteiger charge is -2.27. The molecule has 4 nitrogen and oxygen atoms in total. The largest absolute Gasteiger partial charge is 0.507 e. The van der Waals surface area contributed by atoms with Gasteiger partial charge in [-0.2, -0.15) is 0 Å². The first-order valence-electron chi connectivity index (χ1n) is 11.2. The molecule has 0 heterocycles. The molecule has 0 radical (unpaired) electrons. The van der Waals surface area contributed by atoms with Gasteiger partial charge < -0.3 is 20.4 Å². The number of fused-ring (bicyclic) bond motifs is 8. The number of aliphatic hydroxyl groups is 1. The van der Waals surface area contributed by atoms with Crippen molar-refractivity contribution in [1.29, 1.82) is 0 Å². The maximum absolute atomic E-state index is 11.2. The average molecular weight is 678 g/mol. The van der Waals surface area contributed by atoms with Gasteiger partial charge in [0.1, 0.15) is 17.2 Å². The zero-order valence-corrected chi connectivity index (χ0v) is 22.6. The second-order valence-electron chi connectivity index (χ2n) is 9.04. The lowest BCUT2D eigenvalue weighted by atomic mass is 9.82. The number of hydrogen-bond acceptors (Lipinski definition) is 4. The summed E-state index contributed by atoms with van der Waals surface area (Å²) in [6.45, 7) is 0. The van der Waals surface area contributed by atoms with Crippen molar-refractivity contribution in [3.8, 4) is 17.2 Å². The van der Waals surface area contributed by atoms with E-state index in [9.17, 15) is 20.4 Å². The Balaban J connectivity index is 1.69. The van der Waals surface area contributed by atoms with Crippen LogP contribution in [0.5, 0.6) is 17.2 Å². The van der Waals surface area contributed by atoms with E-state index >= 15 is 0 Å². The number of benzene rings is 3. The first-order chi connectivity index (χ1) is 16.3. The molecule has 1 unspecified atom stereocenters. The van der Waals surface area contributed by atoms with Crippen LogP contribution in [0.1, 0.15) is 33.4 Å². The van der Waals surface area contributed by atoms with Gasteiger partial charge in [-0.05, 0) is 121 Å². The van der Waals surface area contributed by atoms with Crippen LogP contribution < -0.4 is 0 Å². The van der Waals surface area contributed by atoms with E-state index in [4.69, 9.17) is 0 Å². The number of aromatic hydroxyl groups is 3. The number of hydrogen-bond donors (Lipinski definition) is 4. The Morgan fingerprint density at radius 1 is 0.676 bits per heavy atom. The third kappa shape index (κ3) is 4.59. The zero-order valence-electron chi connectivity index (χ0n) is 18.3. The summed E-state index contributed by atoms with van der Waals surface area (Å²) in [7, 11) is 0. The molecule has 174 valence electrons. The molecule has 0 fully saturated rings. The maximum atomic E-state index is 11.2. The Labute approximate surface area is 226 Å².